The van der Waals surface area contributed by atoms with Crippen LogP contribution in [-0.4, -0.2) is 29.9 Å². The molecule has 1 aromatic heterocycles. The summed E-state index contributed by atoms with van der Waals surface area (Å²) < 4.78 is 30.8. The van der Waals surface area contributed by atoms with E-state index in [0.29, 0.717) is 5.58 Å². The maximum atomic E-state index is 13.5. The van der Waals surface area contributed by atoms with E-state index in [2.05, 4.69) is 17.0 Å². The lowest BCUT2D eigenvalue weighted by molar-refractivity contribution is -0.0289. The van der Waals surface area contributed by atoms with E-state index < -0.39 is 0 Å². The predicted molar refractivity (Wildman–Crippen MR) is 105 cm³/mol. The van der Waals surface area contributed by atoms with Crippen molar-refractivity contribution in [2.45, 2.75) is 44.9 Å². The second-order valence-electron chi connectivity index (χ2n) is 7.09. The van der Waals surface area contributed by atoms with Gasteiger partial charge in [0.1, 0.15) is 11.5 Å². The van der Waals surface area contributed by atoms with E-state index in [1.165, 1.54) is 12.1 Å². The fourth-order valence-electron chi connectivity index (χ4n) is 4.01. The van der Waals surface area contributed by atoms with Crippen molar-refractivity contribution in [1.29, 1.82) is 0 Å². The average Bonchev–Trinajstić information content (AvgIpc) is 3.15. The lowest BCUT2D eigenvalue weighted by Crippen LogP contribution is -2.44. The summed E-state index contributed by atoms with van der Waals surface area (Å²) in [5.74, 6) is 1.13. The van der Waals surface area contributed by atoms with Crippen molar-refractivity contribution in [2.24, 2.45) is 0 Å². The summed E-state index contributed by atoms with van der Waals surface area (Å²) in [7, 11) is 1.65. The molecule has 0 spiro atoms. The molecule has 4 rings (SSSR count). The number of ether oxygens (including phenoxy) is 2. The third-order valence-corrected chi connectivity index (χ3v) is 5.37. The quantitative estimate of drug-likeness (QED) is 0.576. The van der Waals surface area contributed by atoms with E-state index in [4.69, 9.17) is 14.0 Å². The highest BCUT2D eigenvalue weighted by atomic mass is 19.1. The first-order valence-corrected chi connectivity index (χ1v) is 9.81. The number of halogens is 1. The number of rotatable bonds is 6. The molecule has 0 bridgehead atoms. The van der Waals surface area contributed by atoms with E-state index in [-0.39, 0.29) is 18.1 Å². The van der Waals surface area contributed by atoms with Crippen molar-refractivity contribution in [3.63, 3.8) is 0 Å². The number of benzene rings is 2. The Balaban J connectivity index is 1.65. The molecule has 5 nitrogen and oxygen atoms in total. The van der Waals surface area contributed by atoms with Crippen LogP contribution in [-0.2, 0) is 0 Å². The lowest BCUT2D eigenvalue weighted by Gasteiger charge is -2.40. The number of fused-ring (bicyclic) bond motifs is 1. The SMILES string of the molecule is CCC(Oc1ccccc1OC)N1CCCCC1c1noc2cc(F)ccc12. The van der Waals surface area contributed by atoms with Gasteiger partial charge in [0.2, 0.25) is 0 Å². The van der Waals surface area contributed by atoms with Gasteiger partial charge in [-0.1, -0.05) is 30.6 Å². The van der Waals surface area contributed by atoms with Crippen LogP contribution in [0.1, 0.15) is 44.3 Å². The van der Waals surface area contributed by atoms with Crippen molar-refractivity contribution >= 4 is 11.0 Å². The average molecular weight is 384 g/mol. The minimum atomic E-state index is -0.318. The van der Waals surface area contributed by atoms with Gasteiger partial charge in [0.25, 0.3) is 0 Å². The molecule has 6 heteroatoms. The molecule has 2 atom stereocenters. The van der Waals surface area contributed by atoms with Gasteiger partial charge in [-0.15, -0.1) is 0 Å². The van der Waals surface area contributed by atoms with Gasteiger partial charge in [-0.3, -0.25) is 4.90 Å². The zero-order valence-electron chi connectivity index (χ0n) is 16.2. The Bertz CT molecular complexity index is 942. The summed E-state index contributed by atoms with van der Waals surface area (Å²) in [5.41, 5.74) is 1.34. The Morgan fingerprint density at radius 2 is 2.04 bits per heavy atom. The van der Waals surface area contributed by atoms with Crippen LogP contribution in [0.2, 0.25) is 0 Å². The van der Waals surface area contributed by atoms with E-state index in [9.17, 15) is 4.39 Å². The molecule has 1 fully saturated rings. The number of hydrogen-bond acceptors (Lipinski definition) is 5. The van der Waals surface area contributed by atoms with Crippen molar-refractivity contribution in [1.82, 2.24) is 10.1 Å². The highest BCUT2D eigenvalue weighted by molar-refractivity contribution is 5.79. The molecule has 1 saturated heterocycles. The third kappa shape index (κ3) is 3.56. The number of methoxy groups -OCH3 is 1. The van der Waals surface area contributed by atoms with Crippen molar-refractivity contribution in [2.75, 3.05) is 13.7 Å². The molecule has 2 aromatic carbocycles. The summed E-state index contributed by atoms with van der Waals surface area (Å²) in [6, 6.07) is 12.4. The number of para-hydroxylation sites is 2. The molecule has 0 radical (unpaired) electrons. The highest BCUT2D eigenvalue weighted by Crippen LogP contribution is 2.38. The lowest BCUT2D eigenvalue weighted by atomic mass is 9.96. The van der Waals surface area contributed by atoms with Gasteiger partial charge in [0.15, 0.2) is 23.3 Å². The van der Waals surface area contributed by atoms with E-state index in [1.54, 1.807) is 13.2 Å². The zero-order valence-corrected chi connectivity index (χ0v) is 16.2. The van der Waals surface area contributed by atoms with Crippen LogP contribution in [0.25, 0.3) is 11.0 Å². The molecule has 148 valence electrons. The summed E-state index contributed by atoms with van der Waals surface area (Å²) in [5, 5.41) is 5.17. The number of hydrogen-bond donors (Lipinski definition) is 0. The smallest absolute Gasteiger partial charge is 0.170 e. The third-order valence-electron chi connectivity index (χ3n) is 5.37. The Hall–Kier alpha value is -2.60. The molecule has 0 amide bonds. The van der Waals surface area contributed by atoms with E-state index in [0.717, 1.165) is 54.8 Å². The van der Waals surface area contributed by atoms with Crippen molar-refractivity contribution < 1.29 is 18.4 Å². The normalized spacial score (nSPS) is 18.9. The van der Waals surface area contributed by atoms with Gasteiger partial charge in [-0.25, -0.2) is 4.39 Å². The van der Waals surface area contributed by atoms with Crippen molar-refractivity contribution in [3.8, 4) is 11.5 Å². The molecule has 0 saturated carbocycles. The number of piperidine rings is 1. The molecule has 2 unspecified atom stereocenters. The van der Waals surface area contributed by atoms with Crippen molar-refractivity contribution in [3.05, 3.63) is 54.0 Å². The van der Waals surface area contributed by atoms with Gasteiger partial charge < -0.3 is 14.0 Å². The Kier molecular flexibility index (Phi) is 5.48. The summed E-state index contributed by atoms with van der Waals surface area (Å²) in [4.78, 5) is 2.34. The fraction of sp³-hybridized carbons (Fsp3) is 0.409. The monoisotopic (exact) mass is 384 g/mol. The second kappa shape index (κ2) is 8.19. The van der Waals surface area contributed by atoms with E-state index in [1.807, 2.05) is 24.3 Å². The topological polar surface area (TPSA) is 47.7 Å². The molecule has 1 aliphatic rings. The van der Waals surface area contributed by atoms with Crippen LogP contribution in [0, 0.1) is 5.82 Å². The van der Waals surface area contributed by atoms with Crippen LogP contribution >= 0.6 is 0 Å². The van der Waals surface area contributed by atoms with Gasteiger partial charge >= 0.3 is 0 Å². The predicted octanol–water partition coefficient (Wildman–Crippen LogP) is 5.32. The molecule has 2 heterocycles. The van der Waals surface area contributed by atoms with E-state index >= 15 is 0 Å². The Morgan fingerprint density at radius 3 is 2.82 bits per heavy atom. The molecule has 0 aliphatic carbocycles. The first-order chi connectivity index (χ1) is 13.7. The Labute approximate surface area is 164 Å². The van der Waals surface area contributed by atoms with Crippen LogP contribution in [0.3, 0.4) is 0 Å². The molecular weight excluding hydrogens is 359 g/mol. The van der Waals surface area contributed by atoms with Gasteiger partial charge in [0.05, 0.1) is 13.2 Å². The standard InChI is InChI=1S/C22H25FN2O3/c1-3-21(27-19-10-5-4-9-18(19)26-2)25-13-7-6-8-17(25)22-16-12-11-15(23)14-20(16)28-24-22/h4-5,9-12,14,17,21H,3,6-8,13H2,1-2H3. The second-order valence-corrected chi connectivity index (χ2v) is 7.09. The minimum absolute atomic E-state index is 0.0696. The van der Waals surface area contributed by atoms with Crippen LogP contribution in [0.5, 0.6) is 11.5 Å². The summed E-state index contributed by atoms with van der Waals surface area (Å²) >= 11 is 0. The van der Waals surface area contributed by atoms with Crippen LogP contribution in [0.4, 0.5) is 4.39 Å². The molecule has 0 N–H and O–H groups in total. The van der Waals surface area contributed by atoms with Gasteiger partial charge in [0, 0.05) is 18.0 Å². The summed E-state index contributed by atoms with van der Waals surface area (Å²) in [6.45, 7) is 3.02. The maximum Gasteiger partial charge on any atom is 0.170 e. The van der Waals surface area contributed by atoms with Crippen LogP contribution < -0.4 is 9.47 Å². The number of aromatic nitrogens is 1. The van der Waals surface area contributed by atoms with Gasteiger partial charge in [-0.05, 0) is 43.5 Å². The van der Waals surface area contributed by atoms with Crippen LogP contribution in [0.15, 0.2) is 47.0 Å². The first kappa shape index (κ1) is 18.7. The minimum Gasteiger partial charge on any atom is -0.493 e. The molecular formula is C22H25FN2O3. The molecule has 3 aromatic rings. The Morgan fingerprint density at radius 1 is 1.21 bits per heavy atom. The highest BCUT2D eigenvalue weighted by Gasteiger charge is 2.33. The van der Waals surface area contributed by atoms with Gasteiger partial charge in [-0.2, -0.15) is 0 Å². The number of likely N-dealkylation sites (tertiary alicyclic amines) is 1. The largest absolute Gasteiger partial charge is 0.493 e. The first-order valence-electron chi connectivity index (χ1n) is 9.81. The summed E-state index contributed by atoms with van der Waals surface area (Å²) in [6.07, 6.45) is 3.88. The molecule has 28 heavy (non-hydrogen) atoms. The maximum absolute atomic E-state index is 13.5. The zero-order chi connectivity index (χ0) is 19.5. The number of nitrogens with zero attached hydrogens (tertiary/aromatic N) is 2. The molecule has 1 aliphatic heterocycles. The fourth-order valence-corrected chi connectivity index (χ4v) is 4.01.